The summed E-state index contributed by atoms with van der Waals surface area (Å²) in [7, 11) is 0. The van der Waals surface area contributed by atoms with Gasteiger partial charge in [-0.15, -0.1) is 0 Å². The number of carbonyl (C=O) groups excluding carboxylic acids is 2. The average Bonchev–Trinajstić information content (AvgIpc) is 2.39. The van der Waals surface area contributed by atoms with E-state index in [0.29, 0.717) is 25.3 Å². The third-order valence-corrected chi connectivity index (χ3v) is 4.89. The zero-order valence-electron chi connectivity index (χ0n) is 13.4. The molecule has 0 bridgehead atoms. The van der Waals surface area contributed by atoms with Crippen molar-refractivity contribution in [1.29, 1.82) is 0 Å². The first-order chi connectivity index (χ1) is 9.36. The second kappa shape index (κ2) is 7.34. The molecule has 1 heterocycles. The largest absolute Gasteiger partial charge is 0.342 e. The molecule has 0 aromatic rings. The van der Waals surface area contributed by atoms with E-state index >= 15 is 0 Å². The van der Waals surface area contributed by atoms with Crippen molar-refractivity contribution in [2.45, 2.75) is 59.0 Å². The number of hydrogen-bond donors (Lipinski definition) is 1. The van der Waals surface area contributed by atoms with E-state index in [1.165, 1.54) is 0 Å². The Kier molecular flexibility index (Phi) is 6.37. The van der Waals surface area contributed by atoms with E-state index in [1.54, 1.807) is 11.8 Å². The Morgan fingerprint density at radius 3 is 2.50 bits per heavy atom. The van der Waals surface area contributed by atoms with Crippen molar-refractivity contribution < 1.29 is 9.59 Å². The molecule has 5 heteroatoms. The Labute approximate surface area is 127 Å². The number of nitrogens with zero attached hydrogens (tertiary/aromatic N) is 1. The summed E-state index contributed by atoms with van der Waals surface area (Å²) in [5.41, 5.74) is -0.696. The third kappa shape index (κ3) is 3.68. The van der Waals surface area contributed by atoms with Crippen molar-refractivity contribution in [3.05, 3.63) is 0 Å². The third-order valence-electron chi connectivity index (χ3n) is 4.01. The summed E-state index contributed by atoms with van der Waals surface area (Å²) in [5.74, 6) is 2.39. The topological polar surface area (TPSA) is 49.4 Å². The van der Waals surface area contributed by atoms with Crippen molar-refractivity contribution in [2.24, 2.45) is 5.92 Å². The molecule has 0 radical (unpaired) electrons. The quantitative estimate of drug-likeness (QED) is 0.734. The van der Waals surface area contributed by atoms with Crippen LogP contribution < -0.4 is 5.32 Å². The van der Waals surface area contributed by atoms with Crippen LogP contribution in [0.3, 0.4) is 0 Å². The van der Waals surface area contributed by atoms with Crippen LogP contribution in [0.4, 0.5) is 0 Å². The first-order valence-corrected chi connectivity index (χ1v) is 8.72. The Balaban J connectivity index is 2.89. The molecule has 1 N–H and O–H groups in total. The van der Waals surface area contributed by atoms with E-state index in [-0.39, 0.29) is 17.9 Å². The van der Waals surface area contributed by atoms with Crippen LogP contribution in [0.2, 0.25) is 0 Å². The summed E-state index contributed by atoms with van der Waals surface area (Å²) in [4.78, 5) is 26.9. The van der Waals surface area contributed by atoms with E-state index in [1.807, 2.05) is 18.7 Å². The van der Waals surface area contributed by atoms with Gasteiger partial charge >= 0.3 is 0 Å². The molecule has 116 valence electrons. The summed E-state index contributed by atoms with van der Waals surface area (Å²) in [6.45, 7) is 10.8. The van der Waals surface area contributed by atoms with Crippen molar-refractivity contribution in [1.82, 2.24) is 10.2 Å². The molecule has 1 saturated heterocycles. The van der Waals surface area contributed by atoms with Gasteiger partial charge in [0.1, 0.15) is 11.6 Å². The number of thioether (sulfide) groups is 1. The van der Waals surface area contributed by atoms with E-state index in [0.717, 1.165) is 11.5 Å². The monoisotopic (exact) mass is 300 g/mol. The molecule has 1 aliphatic rings. The highest BCUT2D eigenvalue weighted by atomic mass is 32.2. The number of rotatable bonds is 7. The maximum atomic E-state index is 12.7. The van der Waals surface area contributed by atoms with E-state index in [4.69, 9.17) is 0 Å². The van der Waals surface area contributed by atoms with Gasteiger partial charge < -0.3 is 10.2 Å². The maximum absolute atomic E-state index is 12.7. The zero-order valence-corrected chi connectivity index (χ0v) is 14.2. The van der Waals surface area contributed by atoms with Gasteiger partial charge in [0, 0.05) is 12.3 Å². The predicted molar refractivity (Wildman–Crippen MR) is 84.8 cm³/mol. The van der Waals surface area contributed by atoms with E-state index in [2.05, 4.69) is 26.1 Å². The Morgan fingerprint density at radius 1 is 1.35 bits per heavy atom. The van der Waals surface area contributed by atoms with Crippen molar-refractivity contribution in [2.75, 3.05) is 18.1 Å². The summed E-state index contributed by atoms with van der Waals surface area (Å²) < 4.78 is 0. The van der Waals surface area contributed by atoms with Crippen molar-refractivity contribution in [3.63, 3.8) is 0 Å². The molecule has 0 aromatic carbocycles. The molecule has 4 nitrogen and oxygen atoms in total. The van der Waals surface area contributed by atoms with Crippen molar-refractivity contribution >= 4 is 23.6 Å². The van der Waals surface area contributed by atoms with Crippen LogP contribution in [0.25, 0.3) is 0 Å². The summed E-state index contributed by atoms with van der Waals surface area (Å²) in [5, 5.41) is 2.92. The number of hydrogen-bond acceptors (Lipinski definition) is 3. The minimum absolute atomic E-state index is 0.00764. The van der Waals surface area contributed by atoms with Gasteiger partial charge in [-0.3, -0.25) is 9.59 Å². The highest BCUT2D eigenvalue weighted by Crippen LogP contribution is 2.27. The number of piperazine rings is 1. The van der Waals surface area contributed by atoms with Crippen LogP contribution in [0.5, 0.6) is 0 Å². The SMILES string of the molecule is CCSCCN1C(=O)C(CC(C)C)NC(=O)C1(C)CC. The molecule has 1 aliphatic heterocycles. The van der Waals surface area contributed by atoms with Gasteiger partial charge in [0.15, 0.2) is 0 Å². The van der Waals surface area contributed by atoms with Gasteiger partial charge in [0.2, 0.25) is 11.8 Å². The van der Waals surface area contributed by atoms with Crippen LogP contribution in [0.15, 0.2) is 0 Å². The maximum Gasteiger partial charge on any atom is 0.246 e. The molecule has 1 rings (SSSR count). The molecule has 2 unspecified atom stereocenters. The standard InChI is InChI=1S/C15H28N2O2S/c1-6-15(5)14(19)16-12(10-11(3)4)13(18)17(15)8-9-20-7-2/h11-12H,6-10H2,1-5H3,(H,16,19). The van der Waals surface area contributed by atoms with Gasteiger partial charge in [-0.2, -0.15) is 11.8 Å². The summed E-state index contributed by atoms with van der Waals surface area (Å²) in [6.07, 6.45) is 1.36. The van der Waals surface area contributed by atoms with E-state index < -0.39 is 5.54 Å². The second-order valence-electron chi connectivity index (χ2n) is 5.97. The highest BCUT2D eigenvalue weighted by molar-refractivity contribution is 7.99. The lowest BCUT2D eigenvalue weighted by Crippen LogP contribution is -2.69. The molecule has 2 amide bonds. The van der Waals surface area contributed by atoms with E-state index in [9.17, 15) is 9.59 Å². The lowest BCUT2D eigenvalue weighted by Gasteiger charge is -2.46. The molecular formula is C15H28N2O2S. The summed E-state index contributed by atoms with van der Waals surface area (Å²) in [6, 6.07) is -0.353. The van der Waals surface area contributed by atoms with Crippen molar-refractivity contribution in [3.8, 4) is 0 Å². The number of carbonyl (C=O) groups is 2. The molecule has 0 aromatic heterocycles. The molecular weight excluding hydrogens is 272 g/mol. The average molecular weight is 300 g/mol. The minimum atomic E-state index is -0.696. The van der Waals surface area contributed by atoms with Gasteiger partial charge in [0.05, 0.1) is 0 Å². The van der Waals surface area contributed by atoms with Gasteiger partial charge in [-0.25, -0.2) is 0 Å². The minimum Gasteiger partial charge on any atom is -0.342 e. The van der Waals surface area contributed by atoms with Crippen LogP contribution in [0.1, 0.15) is 47.5 Å². The molecule has 1 fully saturated rings. The lowest BCUT2D eigenvalue weighted by atomic mass is 9.88. The molecule has 0 spiro atoms. The Hall–Kier alpha value is -0.710. The van der Waals surface area contributed by atoms with Gasteiger partial charge in [-0.1, -0.05) is 27.7 Å². The van der Waals surface area contributed by atoms with Crippen LogP contribution in [-0.4, -0.2) is 46.3 Å². The molecule has 0 saturated carbocycles. The molecule has 0 aliphatic carbocycles. The first-order valence-electron chi connectivity index (χ1n) is 7.57. The first kappa shape index (κ1) is 17.3. The fourth-order valence-corrected chi connectivity index (χ4v) is 3.17. The Bertz CT molecular complexity index is 360. The smallest absolute Gasteiger partial charge is 0.246 e. The normalized spacial score (nSPS) is 27.1. The fourth-order valence-electron chi connectivity index (χ4n) is 2.57. The number of nitrogens with one attached hydrogen (secondary N) is 1. The van der Waals surface area contributed by atoms with Gasteiger partial charge in [-0.05, 0) is 31.4 Å². The van der Waals surface area contributed by atoms with Crippen LogP contribution >= 0.6 is 11.8 Å². The highest BCUT2D eigenvalue weighted by Gasteiger charge is 2.47. The predicted octanol–water partition coefficient (Wildman–Crippen LogP) is 2.28. The Morgan fingerprint density at radius 2 is 2.00 bits per heavy atom. The van der Waals surface area contributed by atoms with Crippen LogP contribution in [-0.2, 0) is 9.59 Å². The lowest BCUT2D eigenvalue weighted by molar-refractivity contribution is -0.156. The van der Waals surface area contributed by atoms with Gasteiger partial charge in [0.25, 0.3) is 0 Å². The molecule has 2 atom stereocenters. The molecule has 20 heavy (non-hydrogen) atoms. The number of amides is 2. The second-order valence-corrected chi connectivity index (χ2v) is 7.36. The fraction of sp³-hybridized carbons (Fsp3) is 0.867. The van der Waals surface area contributed by atoms with Crippen LogP contribution in [0, 0.1) is 5.92 Å². The zero-order chi connectivity index (χ0) is 15.3. The summed E-state index contributed by atoms with van der Waals surface area (Å²) >= 11 is 1.81.